The van der Waals surface area contributed by atoms with Crippen molar-refractivity contribution in [3.05, 3.63) is 12.7 Å². The normalized spacial score (nSPS) is 17.4. The van der Waals surface area contributed by atoms with Gasteiger partial charge >= 0.3 is 0 Å². The Balaban J connectivity index is 4.40. The second-order valence-corrected chi connectivity index (χ2v) is 11.8. The zero-order valence-electron chi connectivity index (χ0n) is 25.7. The molecule has 0 aliphatic carbocycles. The molecule has 5 N–H and O–H groups in total. The first kappa shape index (κ1) is 38.3. The molecule has 0 saturated carbocycles. The molecule has 0 bridgehead atoms. The molecule has 0 rings (SSSR count). The van der Waals surface area contributed by atoms with Crippen LogP contribution in [0, 0.1) is 5.41 Å². The van der Waals surface area contributed by atoms with Crippen molar-refractivity contribution in [2.45, 2.75) is 103 Å². The first-order valence-corrected chi connectivity index (χ1v) is 14.2. The van der Waals surface area contributed by atoms with Crippen LogP contribution in [0.2, 0.25) is 0 Å². The Morgan fingerprint density at radius 2 is 1.44 bits per heavy atom. The van der Waals surface area contributed by atoms with E-state index < -0.39 is 34.6 Å². The minimum atomic E-state index is -0.936. The Kier molecular flexibility index (Phi) is 19.1. The largest absolute Gasteiger partial charge is 0.394 e. The molecule has 0 radical (unpaired) electrons. The van der Waals surface area contributed by atoms with Crippen molar-refractivity contribution in [1.29, 1.82) is 0 Å². The maximum absolute atomic E-state index is 9.91. The summed E-state index contributed by atoms with van der Waals surface area (Å²) in [7, 11) is 0. The quantitative estimate of drug-likeness (QED) is 0.0702. The van der Waals surface area contributed by atoms with Crippen LogP contribution < -0.4 is 5.73 Å². The van der Waals surface area contributed by atoms with Gasteiger partial charge in [-0.15, -0.1) is 6.58 Å². The van der Waals surface area contributed by atoms with Crippen molar-refractivity contribution in [2.75, 3.05) is 66.1 Å². The minimum absolute atomic E-state index is 0.0965. The Morgan fingerprint density at radius 3 is 2.05 bits per heavy atom. The summed E-state index contributed by atoms with van der Waals surface area (Å²) in [5.74, 6) is 0. The third-order valence-corrected chi connectivity index (χ3v) is 7.14. The lowest BCUT2D eigenvalue weighted by Gasteiger charge is -2.43. The van der Waals surface area contributed by atoms with Gasteiger partial charge in [-0.25, -0.2) is 0 Å². The highest BCUT2D eigenvalue weighted by Crippen LogP contribution is 2.33. The van der Waals surface area contributed by atoms with Crippen LogP contribution in [0.15, 0.2) is 12.7 Å². The first-order valence-electron chi connectivity index (χ1n) is 14.2. The SMILES string of the molecule is C=CCOCCC(O)COCCOC(C)(C)CCOC(C)(N)C(C)(C)COC(C)(CC)CCOCC(O)CO. The molecule has 0 aromatic heterocycles. The lowest BCUT2D eigenvalue weighted by atomic mass is 9.82. The number of aliphatic hydroxyl groups excluding tert-OH is 3. The summed E-state index contributed by atoms with van der Waals surface area (Å²) in [6, 6.07) is 0. The van der Waals surface area contributed by atoms with Crippen LogP contribution >= 0.6 is 0 Å². The highest BCUT2D eigenvalue weighted by atomic mass is 16.5. The predicted molar refractivity (Wildman–Crippen MR) is 153 cm³/mol. The van der Waals surface area contributed by atoms with Crippen molar-refractivity contribution in [2.24, 2.45) is 11.1 Å². The summed E-state index contributed by atoms with van der Waals surface area (Å²) in [6.45, 7) is 20.6. The molecule has 0 spiro atoms. The van der Waals surface area contributed by atoms with Gasteiger partial charge in [-0.3, -0.25) is 0 Å². The van der Waals surface area contributed by atoms with E-state index in [0.29, 0.717) is 65.5 Å². The van der Waals surface area contributed by atoms with E-state index in [1.807, 2.05) is 41.5 Å². The first-order chi connectivity index (χ1) is 18.1. The van der Waals surface area contributed by atoms with Gasteiger partial charge in [0.25, 0.3) is 0 Å². The number of aliphatic hydroxyl groups is 3. The highest BCUT2D eigenvalue weighted by molar-refractivity contribution is 4.88. The van der Waals surface area contributed by atoms with Crippen LogP contribution in [0.1, 0.15) is 74.1 Å². The van der Waals surface area contributed by atoms with Gasteiger partial charge in [0.15, 0.2) is 0 Å². The molecule has 0 saturated heterocycles. The smallest absolute Gasteiger partial charge is 0.121 e. The molecular weight excluding hydrogens is 506 g/mol. The Hall–Kier alpha value is -0.660. The molecule has 0 amide bonds. The van der Waals surface area contributed by atoms with Gasteiger partial charge in [-0.1, -0.05) is 26.8 Å². The maximum Gasteiger partial charge on any atom is 0.121 e. The molecule has 4 unspecified atom stereocenters. The van der Waals surface area contributed by atoms with E-state index in [4.69, 9.17) is 39.3 Å². The molecular formula is C29H59NO9. The molecule has 234 valence electrons. The third-order valence-electron chi connectivity index (χ3n) is 7.14. The van der Waals surface area contributed by atoms with Crippen molar-refractivity contribution in [3.63, 3.8) is 0 Å². The van der Waals surface area contributed by atoms with Crippen LogP contribution in [-0.4, -0.2) is 111 Å². The summed E-state index contributed by atoms with van der Waals surface area (Å²) < 4.78 is 34.7. The van der Waals surface area contributed by atoms with Crippen LogP contribution in [0.5, 0.6) is 0 Å². The van der Waals surface area contributed by atoms with E-state index in [0.717, 1.165) is 6.42 Å². The molecule has 0 fully saturated rings. The molecule has 10 heteroatoms. The van der Waals surface area contributed by atoms with E-state index in [1.54, 1.807) is 6.08 Å². The average Bonchev–Trinajstić information content (AvgIpc) is 2.87. The van der Waals surface area contributed by atoms with Crippen LogP contribution in [0.4, 0.5) is 0 Å². The fraction of sp³-hybridized carbons (Fsp3) is 0.931. The maximum atomic E-state index is 9.91. The molecule has 0 aromatic rings. The van der Waals surface area contributed by atoms with Crippen LogP contribution in [0.25, 0.3) is 0 Å². The van der Waals surface area contributed by atoms with Gasteiger partial charge in [0.2, 0.25) is 0 Å². The van der Waals surface area contributed by atoms with Gasteiger partial charge in [-0.2, -0.15) is 0 Å². The van der Waals surface area contributed by atoms with E-state index in [-0.39, 0.29) is 19.8 Å². The van der Waals surface area contributed by atoms with Gasteiger partial charge < -0.3 is 49.5 Å². The summed E-state index contributed by atoms with van der Waals surface area (Å²) in [6.07, 6.45) is 2.83. The molecule has 39 heavy (non-hydrogen) atoms. The van der Waals surface area contributed by atoms with Gasteiger partial charge in [0, 0.05) is 18.6 Å². The average molecular weight is 566 g/mol. The molecule has 0 aromatic carbocycles. The van der Waals surface area contributed by atoms with E-state index >= 15 is 0 Å². The summed E-state index contributed by atoms with van der Waals surface area (Å²) >= 11 is 0. The van der Waals surface area contributed by atoms with E-state index in [1.165, 1.54) is 0 Å². The second-order valence-electron chi connectivity index (χ2n) is 11.8. The fourth-order valence-corrected chi connectivity index (χ4v) is 3.25. The Labute approximate surface area is 237 Å². The van der Waals surface area contributed by atoms with Crippen LogP contribution in [-0.2, 0) is 28.4 Å². The number of ether oxygens (including phenoxy) is 6. The van der Waals surface area contributed by atoms with Crippen molar-refractivity contribution < 1.29 is 43.7 Å². The molecule has 0 heterocycles. The van der Waals surface area contributed by atoms with Crippen molar-refractivity contribution in [1.82, 2.24) is 0 Å². The predicted octanol–water partition coefficient (Wildman–Crippen LogP) is 2.80. The summed E-state index contributed by atoms with van der Waals surface area (Å²) in [4.78, 5) is 0. The van der Waals surface area contributed by atoms with E-state index in [2.05, 4.69) is 13.5 Å². The monoisotopic (exact) mass is 565 g/mol. The number of nitrogens with two attached hydrogens (primary N) is 1. The number of rotatable bonds is 26. The van der Waals surface area contributed by atoms with E-state index in [9.17, 15) is 10.2 Å². The van der Waals surface area contributed by atoms with Crippen molar-refractivity contribution >= 4 is 0 Å². The van der Waals surface area contributed by atoms with Crippen LogP contribution in [0.3, 0.4) is 0 Å². The zero-order valence-corrected chi connectivity index (χ0v) is 25.7. The number of hydrogen-bond donors (Lipinski definition) is 4. The summed E-state index contributed by atoms with van der Waals surface area (Å²) in [5.41, 5.74) is 4.35. The third kappa shape index (κ3) is 17.7. The summed E-state index contributed by atoms with van der Waals surface area (Å²) in [5, 5.41) is 28.2. The minimum Gasteiger partial charge on any atom is -0.394 e. The van der Waals surface area contributed by atoms with Gasteiger partial charge in [0.05, 0.1) is 70.2 Å². The highest BCUT2D eigenvalue weighted by Gasteiger charge is 2.41. The topological polar surface area (TPSA) is 142 Å². The second kappa shape index (κ2) is 19.5. The Morgan fingerprint density at radius 1 is 0.795 bits per heavy atom. The molecule has 10 nitrogen and oxygen atoms in total. The Bertz CT molecular complexity index is 630. The standard InChI is InChI=1S/C29H59NO9/c1-9-14-34-15-11-24(32)21-36-18-19-37-27(5,6)12-17-38-29(8,30)26(3,4)23-39-28(7,10-2)13-16-35-22-25(33)20-31/h9,24-25,31-33H,1,10-23,30H2,2-8H3. The fourth-order valence-electron chi connectivity index (χ4n) is 3.25. The van der Waals surface area contributed by atoms with Gasteiger partial charge in [-0.05, 0) is 53.4 Å². The molecule has 0 aliphatic rings. The molecule has 4 atom stereocenters. The van der Waals surface area contributed by atoms with Crippen molar-refractivity contribution in [3.8, 4) is 0 Å². The molecule has 0 aliphatic heterocycles. The lowest BCUT2D eigenvalue weighted by molar-refractivity contribution is -0.169. The zero-order chi connectivity index (χ0) is 30.0. The van der Waals surface area contributed by atoms with Gasteiger partial charge in [0.1, 0.15) is 11.8 Å². The number of hydrogen-bond acceptors (Lipinski definition) is 10. The lowest BCUT2D eigenvalue weighted by Crippen LogP contribution is -2.55.